The molecular weight excluding hydrogens is 255 g/mol. The van der Waals surface area contributed by atoms with Crippen LogP contribution in [0.1, 0.15) is 57.4 Å². The van der Waals surface area contributed by atoms with Gasteiger partial charge in [-0.1, -0.05) is 25.8 Å². The van der Waals surface area contributed by atoms with Crippen LogP contribution in [0.4, 0.5) is 4.39 Å². The lowest BCUT2D eigenvalue weighted by atomic mass is 9.76. The number of fused-ring (bicyclic) bond motifs is 3. The minimum absolute atomic E-state index is 0.168. The number of halogens is 1. The van der Waals surface area contributed by atoms with E-state index in [1.54, 1.807) is 6.07 Å². The molecule has 1 aromatic rings. The molecule has 0 amide bonds. The van der Waals surface area contributed by atoms with Crippen molar-refractivity contribution in [2.45, 2.75) is 58.0 Å². The van der Waals surface area contributed by atoms with E-state index in [1.165, 1.54) is 19.3 Å². The van der Waals surface area contributed by atoms with E-state index in [1.807, 2.05) is 13.0 Å². The Morgan fingerprint density at radius 2 is 2.15 bits per heavy atom. The zero-order chi connectivity index (χ0) is 14.1. The van der Waals surface area contributed by atoms with E-state index in [2.05, 4.69) is 6.92 Å². The number of ether oxygens (including phenoxy) is 2. The van der Waals surface area contributed by atoms with Gasteiger partial charge in [0.15, 0.2) is 11.5 Å². The van der Waals surface area contributed by atoms with Gasteiger partial charge in [-0.15, -0.1) is 0 Å². The first-order chi connectivity index (χ1) is 9.74. The highest BCUT2D eigenvalue weighted by atomic mass is 19.1. The van der Waals surface area contributed by atoms with E-state index < -0.39 is 0 Å². The maximum atomic E-state index is 14.4. The van der Waals surface area contributed by atoms with E-state index in [9.17, 15) is 4.39 Å². The molecule has 1 unspecified atom stereocenters. The van der Waals surface area contributed by atoms with Crippen LogP contribution >= 0.6 is 0 Å². The number of hydrogen-bond acceptors (Lipinski definition) is 2. The van der Waals surface area contributed by atoms with E-state index in [0.29, 0.717) is 24.0 Å². The van der Waals surface area contributed by atoms with Crippen molar-refractivity contribution < 1.29 is 13.9 Å². The normalized spacial score (nSPS) is 27.6. The lowest BCUT2D eigenvalue weighted by molar-refractivity contribution is 0.122. The maximum Gasteiger partial charge on any atom is 0.207 e. The number of rotatable bonds is 4. The highest BCUT2D eigenvalue weighted by molar-refractivity contribution is 5.48. The fraction of sp³-hybridized carbons (Fsp3) is 0.647. The summed E-state index contributed by atoms with van der Waals surface area (Å²) >= 11 is 0. The SMILES string of the molecule is CCCC1CC[C@H]2c3ccc(OCC)c(F)c3O[C@@H]2C1. The zero-order valence-corrected chi connectivity index (χ0v) is 12.3. The van der Waals surface area contributed by atoms with Crippen molar-refractivity contribution in [2.24, 2.45) is 5.92 Å². The minimum Gasteiger partial charge on any atom is -0.491 e. The Morgan fingerprint density at radius 1 is 1.30 bits per heavy atom. The largest absolute Gasteiger partial charge is 0.491 e. The van der Waals surface area contributed by atoms with E-state index in [4.69, 9.17) is 9.47 Å². The molecule has 110 valence electrons. The van der Waals surface area contributed by atoms with Crippen LogP contribution in [0, 0.1) is 11.7 Å². The first-order valence-electron chi connectivity index (χ1n) is 7.86. The Balaban J connectivity index is 1.82. The van der Waals surface area contributed by atoms with Crippen LogP contribution in [0.25, 0.3) is 0 Å². The van der Waals surface area contributed by atoms with Gasteiger partial charge in [0.1, 0.15) is 6.10 Å². The first kappa shape index (κ1) is 13.7. The molecular formula is C17H23FO2. The lowest BCUT2D eigenvalue weighted by Gasteiger charge is -2.30. The Bertz CT molecular complexity index is 486. The topological polar surface area (TPSA) is 18.5 Å². The summed E-state index contributed by atoms with van der Waals surface area (Å²) in [5.41, 5.74) is 1.05. The molecule has 3 heteroatoms. The van der Waals surface area contributed by atoms with Crippen molar-refractivity contribution in [2.75, 3.05) is 6.61 Å². The summed E-state index contributed by atoms with van der Waals surface area (Å²) in [6.07, 6.45) is 6.08. The van der Waals surface area contributed by atoms with Gasteiger partial charge in [0.05, 0.1) is 6.61 Å². The second-order valence-electron chi connectivity index (χ2n) is 5.96. The van der Waals surface area contributed by atoms with Crippen molar-refractivity contribution in [1.82, 2.24) is 0 Å². The summed E-state index contributed by atoms with van der Waals surface area (Å²) < 4.78 is 25.7. The van der Waals surface area contributed by atoms with Gasteiger partial charge in [-0.2, -0.15) is 4.39 Å². The van der Waals surface area contributed by atoms with Crippen LogP contribution < -0.4 is 9.47 Å². The molecule has 1 fully saturated rings. The summed E-state index contributed by atoms with van der Waals surface area (Å²) in [6, 6.07) is 3.75. The molecule has 3 rings (SSSR count). The van der Waals surface area contributed by atoms with Crippen LogP contribution in [0.3, 0.4) is 0 Å². The molecule has 3 atom stereocenters. The van der Waals surface area contributed by atoms with Crippen LogP contribution in [0.2, 0.25) is 0 Å². The molecule has 1 heterocycles. The molecule has 1 aromatic carbocycles. The summed E-state index contributed by atoms with van der Waals surface area (Å²) in [6.45, 7) is 4.56. The molecule has 0 bridgehead atoms. The lowest BCUT2D eigenvalue weighted by Crippen LogP contribution is -2.28. The van der Waals surface area contributed by atoms with Gasteiger partial charge in [-0.3, -0.25) is 0 Å². The van der Waals surface area contributed by atoms with Crippen LogP contribution in [-0.2, 0) is 0 Å². The summed E-state index contributed by atoms with van der Waals surface area (Å²) in [4.78, 5) is 0. The third-order valence-electron chi connectivity index (χ3n) is 4.66. The zero-order valence-electron chi connectivity index (χ0n) is 12.3. The summed E-state index contributed by atoms with van der Waals surface area (Å²) in [5, 5.41) is 0. The predicted molar refractivity (Wildman–Crippen MR) is 77.0 cm³/mol. The van der Waals surface area contributed by atoms with Gasteiger partial charge in [0.2, 0.25) is 5.82 Å². The Kier molecular flexibility index (Phi) is 3.86. The van der Waals surface area contributed by atoms with Gasteiger partial charge < -0.3 is 9.47 Å². The molecule has 2 nitrogen and oxygen atoms in total. The van der Waals surface area contributed by atoms with Crippen molar-refractivity contribution in [3.05, 3.63) is 23.5 Å². The fourth-order valence-electron chi connectivity index (χ4n) is 3.75. The van der Waals surface area contributed by atoms with Crippen molar-refractivity contribution >= 4 is 0 Å². The molecule has 2 aliphatic rings. The minimum atomic E-state index is -0.314. The smallest absolute Gasteiger partial charge is 0.207 e. The molecule has 0 radical (unpaired) electrons. The van der Waals surface area contributed by atoms with E-state index in [0.717, 1.165) is 24.3 Å². The molecule has 0 saturated heterocycles. The van der Waals surface area contributed by atoms with Crippen molar-refractivity contribution in [3.63, 3.8) is 0 Å². The standard InChI is InChI=1S/C17H23FO2/c1-3-5-11-6-7-12-13-8-9-14(19-4-2)16(18)17(13)20-15(12)10-11/h8-9,11-12,15H,3-7,10H2,1-2H3/t11?,12-,15+/m0/s1. The van der Waals surface area contributed by atoms with Gasteiger partial charge >= 0.3 is 0 Å². The first-order valence-corrected chi connectivity index (χ1v) is 7.86. The van der Waals surface area contributed by atoms with Crippen molar-refractivity contribution in [3.8, 4) is 11.5 Å². The van der Waals surface area contributed by atoms with Crippen LogP contribution in [-0.4, -0.2) is 12.7 Å². The Hall–Kier alpha value is -1.25. The summed E-state index contributed by atoms with van der Waals surface area (Å²) in [5.74, 6) is 1.57. The third kappa shape index (κ3) is 2.27. The number of hydrogen-bond donors (Lipinski definition) is 0. The highest BCUT2D eigenvalue weighted by Gasteiger charge is 2.41. The average molecular weight is 278 g/mol. The van der Waals surface area contributed by atoms with Crippen LogP contribution in [0.5, 0.6) is 11.5 Å². The summed E-state index contributed by atoms with van der Waals surface area (Å²) in [7, 11) is 0. The molecule has 0 N–H and O–H groups in total. The molecule has 0 aromatic heterocycles. The quantitative estimate of drug-likeness (QED) is 0.797. The molecule has 1 aliphatic heterocycles. The van der Waals surface area contributed by atoms with Crippen molar-refractivity contribution in [1.29, 1.82) is 0 Å². The van der Waals surface area contributed by atoms with E-state index in [-0.39, 0.29) is 11.9 Å². The molecule has 1 aliphatic carbocycles. The van der Waals surface area contributed by atoms with E-state index >= 15 is 0 Å². The Labute approximate surface area is 120 Å². The number of benzene rings is 1. The van der Waals surface area contributed by atoms with Gasteiger partial charge in [-0.05, 0) is 38.2 Å². The van der Waals surface area contributed by atoms with Crippen LogP contribution in [0.15, 0.2) is 12.1 Å². The highest BCUT2D eigenvalue weighted by Crippen LogP contribution is 2.50. The second kappa shape index (κ2) is 5.63. The Morgan fingerprint density at radius 3 is 2.90 bits per heavy atom. The maximum absolute atomic E-state index is 14.4. The third-order valence-corrected chi connectivity index (χ3v) is 4.66. The monoisotopic (exact) mass is 278 g/mol. The van der Waals surface area contributed by atoms with Gasteiger partial charge in [0, 0.05) is 11.5 Å². The second-order valence-corrected chi connectivity index (χ2v) is 5.96. The molecule has 0 spiro atoms. The fourth-order valence-corrected chi connectivity index (χ4v) is 3.75. The predicted octanol–water partition coefficient (Wildman–Crippen LogP) is 4.67. The average Bonchev–Trinajstić information content (AvgIpc) is 2.81. The molecule has 20 heavy (non-hydrogen) atoms. The molecule has 1 saturated carbocycles. The van der Waals surface area contributed by atoms with Gasteiger partial charge in [0.25, 0.3) is 0 Å². The van der Waals surface area contributed by atoms with Gasteiger partial charge in [-0.25, -0.2) is 0 Å².